The number of rotatable bonds is 9. The van der Waals surface area contributed by atoms with Gasteiger partial charge in [0.1, 0.15) is 5.75 Å². The van der Waals surface area contributed by atoms with Crippen LogP contribution >= 0.6 is 11.6 Å². The molecule has 36 heavy (non-hydrogen) atoms. The van der Waals surface area contributed by atoms with Gasteiger partial charge >= 0.3 is 0 Å². The Labute approximate surface area is 214 Å². The quantitative estimate of drug-likeness (QED) is 0.302. The lowest BCUT2D eigenvalue weighted by atomic mass is 9.97. The number of amides is 2. The van der Waals surface area contributed by atoms with Crippen LogP contribution in [0.25, 0.3) is 10.8 Å². The van der Waals surface area contributed by atoms with Crippen LogP contribution in [-0.2, 0) is 16.0 Å². The highest BCUT2D eigenvalue weighted by Gasteiger charge is 2.22. The monoisotopic (exact) mass is 508 g/mol. The van der Waals surface area contributed by atoms with Crippen LogP contribution in [-0.4, -0.2) is 60.4 Å². The molecule has 0 bridgehead atoms. The summed E-state index contributed by atoms with van der Waals surface area (Å²) in [6.45, 7) is 2.20. The number of carbonyl (C=O) groups excluding carboxylic acids is 2. The van der Waals surface area contributed by atoms with E-state index in [4.69, 9.17) is 22.1 Å². The van der Waals surface area contributed by atoms with Gasteiger partial charge in [-0.1, -0.05) is 48.0 Å². The molecule has 3 aromatic rings. The van der Waals surface area contributed by atoms with E-state index in [0.717, 1.165) is 41.3 Å². The average molecular weight is 509 g/mol. The van der Waals surface area contributed by atoms with Crippen LogP contribution in [0.2, 0.25) is 5.02 Å². The number of nitrogens with two attached hydrogens (primary N) is 1. The zero-order chi connectivity index (χ0) is 25.5. The Morgan fingerprint density at radius 1 is 1.19 bits per heavy atom. The lowest BCUT2D eigenvalue weighted by molar-refractivity contribution is -0.131. The second-order valence-electron chi connectivity index (χ2n) is 8.67. The van der Waals surface area contributed by atoms with Crippen LogP contribution < -0.4 is 11.2 Å². The van der Waals surface area contributed by atoms with Gasteiger partial charge in [0.2, 0.25) is 5.91 Å². The Kier molecular flexibility index (Phi) is 8.53. The molecule has 1 heterocycles. The molecule has 0 spiro atoms. The van der Waals surface area contributed by atoms with Gasteiger partial charge in [-0.15, -0.1) is 0 Å². The maximum atomic E-state index is 13.2. The fourth-order valence-corrected chi connectivity index (χ4v) is 4.49. The maximum absolute atomic E-state index is 13.2. The molecule has 0 aliphatic carbocycles. The van der Waals surface area contributed by atoms with E-state index in [1.54, 1.807) is 11.1 Å². The molecule has 0 radical (unpaired) electrons. The van der Waals surface area contributed by atoms with Gasteiger partial charge in [-0.05, 0) is 47.4 Å². The predicted octanol–water partition coefficient (Wildman–Crippen LogP) is 3.47. The molecule has 1 aliphatic rings. The molecule has 4 N–H and O–H groups in total. The second-order valence-corrected chi connectivity index (χ2v) is 9.07. The number of hydrogen-bond acceptors (Lipinski definition) is 6. The number of nitrogens with one attached hydrogen (secondary N) is 1. The highest BCUT2D eigenvalue weighted by atomic mass is 35.5. The molecule has 8 nitrogen and oxygen atoms in total. The lowest BCUT2D eigenvalue weighted by Crippen LogP contribution is -2.41. The number of benzene rings is 3. The first-order chi connectivity index (χ1) is 17.5. The summed E-state index contributed by atoms with van der Waals surface area (Å²) in [5.74, 6) is -0.534. The van der Waals surface area contributed by atoms with Crippen LogP contribution in [0.1, 0.15) is 34.3 Å². The molecule has 9 heteroatoms. The van der Waals surface area contributed by atoms with Gasteiger partial charge < -0.3 is 20.5 Å². The Morgan fingerprint density at radius 2 is 2.00 bits per heavy atom. The number of hydrazone groups is 1. The first-order valence-electron chi connectivity index (χ1n) is 11.9. The highest BCUT2D eigenvalue weighted by molar-refractivity contribution is 6.32. The molecule has 3 aromatic carbocycles. The van der Waals surface area contributed by atoms with E-state index >= 15 is 0 Å². The number of nitrogens with zero attached hydrogens (tertiary/aromatic N) is 2. The molecule has 188 valence electrons. The molecule has 4 rings (SSSR count). The summed E-state index contributed by atoms with van der Waals surface area (Å²) in [5.41, 5.74) is 10.2. The average Bonchev–Trinajstić information content (AvgIpc) is 3.39. The van der Waals surface area contributed by atoms with Crippen molar-refractivity contribution in [2.45, 2.75) is 25.4 Å². The maximum Gasteiger partial charge on any atom is 0.271 e. The third kappa shape index (κ3) is 6.20. The molecule has 1 atom stereocenters. The molecule has 0 aromatic heterocycles. The number of phenols is 1. The minimum atomic E-state index is -0.453. The zero-order valence-electron chi connectivity index (χ0n) is 19.8. The SMILES string of the molecule is NCCN(CC1CCCO1)C(=O)Cc1ccc(/C=N/NC(=O)c2ccc(O)c(Cl)c2)c2ccccc12. The van der Waals surface area contributed by atoms with Gasteiger partial charge in [0.15, 0.2) is 0 Å². The standard InChI is InChI=1S/C27H29ClN4O4/c28-24-14-19(9-10-25(24)33)27(35)31-30-16-20-8-7-18(22-5-1-2-6-23(20)22)15-26(34)32(12-11-29)17-21-4-3-13-36-21/h1-2,5-10,14,16,21,33H,3-4,11-13,15,17,29H2,(H,31,35)/b30-16+. The molecule has 0 saturated carbocycles. The molecule has 1 saturated heterocycles. The van der Waals surface area contributed by atoms with Crippen LogP contribution in [0.3, 0.4) is 0 Å². The van der Waals surface area contributed by atoms with E-state index in [1.165, 1.54) is 18.2 Å². The number of aromatic hydroxyl groups is 1. The molecular formula is C27H29ClN4O4. The molecule has 2 amide bonds. The highest BCUT2D eigenvalue weighted by Crippen LogP contribution is 2.25. The number of phenolic OH excluding ortho intramolecular Hbond substituents is 1. The van der Waals surface area contributed by atoms with Crippen molar-refractivity contribution in [1.82, 2.24) is 10.3 Å². The van der Waals surface area contributed by atoms with E-state index < -0.39 is 5.91 Å². The van der Waals surface area contributed by atoms with Crippen molar-refractivity contribution in [3.05, 3.63) is 76.3 Å². The van der Waals surface area contributed by atoms with E-state index in [9.17, 15) is 14.7 Å². The van der Waals surface area contributed by atoms with Gasteiger partial charge in [-0.25, -0.2) is 5.43 Å². The van der Waals surface area contributed by atoms with Gasteiger partial charge in [0.05, 0.1) is 23.8 Å². The minimum absolute atomic E-state index is 0.0161. The number of halogens is 1. The summed E-state index contributed by atoms with van der Waals surface area (Å²) in [7, 11) is 0. The number of ether oxygens (including phenoxy) is 1. The Balaban J connectivity index is 1.49. The summed E-state index contributed by atoms with van der Waals surface area (Å²) in [6, 6.07) is 15.7. The molecular weight excluding hydrogens is 480 g/mol. The van der Waals surface area contributed by atoms with Crippen molar-refractivity contribution < 1.29 is 19.4 Å². The Bertz CT molecular complexity index is 1270. The van der Waals surface area contributed by atoms with E-state index in [1.807, 2.05) is 36.4 Å². The van der Waals surface area contributed by atoms with Crippen molar-refractivity contribution in [2.24, 2.45) is 10.8 Å². The van der Waals surface area contributed by atoms with Crippen LogP contribution in [0.5, 0.6) is 5.75 Å². The number of carbonyl (C=O) groups is 2. The topological polar surface area (TPSA) is 117 Å². The summed E-state index contributed by atoms with van der Waals surface area (Å²) in [5, 5.41) is 15.6. The Hall–Kier alpha value is -3.46. The third-order valence-corrected chi connectivity index (χ3v) is 6.47. The smallest absolute Gasteiger partial charge is 0.271 e. The first-order valence-corrected chi connectivity index (χ1v) is 12.3. The minimum Gasteiger partial charge on any atom is -0.506 e. The van der Waals surface area contributed by atoms with Crippen molar-refractivity contribution in [3.63, 3.8) is 0 Å². The van der Waals surface area contributed by atoms with E-state index in [0.29, 0.717) is 19.6 Å². The third-order valence-electron chi connectivity index (χ3n) is 6.17. The number of fused-ring (bicyclic) bond motifs is 1. The summed E-state index contributed by atoms with van der Waals surface area (Å²) in [6.07, 6.45) is 3.87. The predicted molar refractivity (Wildman–Crippen MR) is 140 cm³/mol. The van der Waals surface area contributed by atoms with Crippen LogP contribution in [0, 0.1) is 0 Å². The fourth-order valence-electron chi connectivity index (χ4n) is 4.31. The first kappa shape index (κ1) is 25.6. The van der Waals surface area contributed by atoms with Crippen molar-refractivity contribution in [2.75, 3.05) is 26.2 Å². The van der Waals surface area contributed by atoms with E-state index in [2.05, 4.69) is 10.5 Å². The fraction of sp³-hybridized carbons (Fsp3) is 0.296. The van der Waals surface area contributed by atoms with Crippen molar-refractivity contribution in [1.29, 1.82) is 0 Å². The second kappa shape index (κ2) is 12.0. The molecule has 1 unspecified atom stereocenters. The summed E-state index contributed by atoms with van der Waals surface area (Å²) >= 11 is 5.88. The Morgan fingerprint density at radius 3 is 2.72 bits per heavy atom. The van der Waals surface area contributed by atoms with Crippen molar-refractivity contribution in [3.8, 4) is 5.75 Å². The lowest BCUT2D eigenvalue weighted by Gasteiger charge is -2.25. The van der Waals surface area contributed by atoms with Gasteiger partial charge in [0.25, 0.3) is 5.91 Å². The van der Waals surface area contributed by atoms with Crippen molar-refractivity contribution >= 4 is 40.4 Å². The van der Waals surface area contributed by atoms with Gasteiger partial charge in [-0.3, -0.25) is 9.59 Å². The molecule has 1 aliphatic heterocycles. The largest absolute Gasteiger partial charge is 0.506 e. The van der Waals surface area contributed by atoms with Gasteiger partial charge in [0, 0.05) is 37.4 Å². The summed E-state index contributed by atoms with van der Waals surface area (Å²) < 4.78 is 5.71. The number of hydrogen-bond donors (Lipinski definition) is 3. The summed E-state index contributed by atoms with van der Waals surface area (Å²) in [4.78, 5) is 27.3. The van der Waals surface area contributed by atoms with E-state index in [-0.39, 0.29) is 34.8 Å². The molecule has 1 fully saturated rings. The van der Waals surface area contributed by atoms with Gasteiger partial charge in [-0.2, -0.15) is 5.10 Å². The van der Waals surface area contributed by atoms with Crippen LogP contribution in [0.4, 0.5) is 0 Å². The zero-order valence-corrected chi connectivity index (χ0v) is 20.6. The van der Waals surface area contributed by atoms with Crippen LogP contribution in [0.15, 0.2) is 59.7 Å². The normalized spacial score (nSPS) is 15.4.